The normalized spacial score (nSPS) is 11.5. The van der Waals surface area contributed by atoms with Gasteiger partial charge in [0.05, 0.1) is 17.7 Å². The van der Waals surface area contributed by atoms with Crippen molar-refractivity contribution in [2.45, 2.75) is 12.7 Å². The van der Waals surface area contributed by atoms with Crippen molar-refractivity contribution in [1.29, 1.82) is 0 Å². The second-order valence-electron chi connectivity index (χ2n) is 4.77. The van der Waals surface area contributed by atoms with Crippen molar-refractivity contribution in [2.24, 2.45) is 0 Å². The summed E-state index contributed by atoms with van der Waals surface area (Å²) in [5.74, 6) is -0.918. The molecule has 0 aliphatic rings. The van der Waals surface area contributed by atoms with Crippen molar-refractivity contribution in [1.82, 2.24) is 0 Å². The van der Waals surface area contributed by atoms with Crippen molar-refractivity contribution in [3.05, 3.63) is 71.8 Å². The second kappa shape index (κ2) is 9.85. The summed E-state index contributed by atoms with van der Waals surface area (Å²) >= 11 is 3.13. The summed E-state index contributed by atoms with van der Waals surface area (Å²) < 4.78 is 15.8. The average molecular weight is 393 g/mol. The monoisotopic (exact) mass is 392 g/mol. The minimum absolute atomic E-state index is 0.0768. The molecule has 2 rings (SSSR count). The molecule has 0 aromatic heterocycles. The summed E-state index contributed by atoms with van der Waals surface area (Å²) in [4.78, 5) is 23.9. The molecule has 24 heavy (non-hydrogen) atoms. The molecule has 1 atom stereocenters. The standard InChI is InChI=1S/C18H17BrO5/c19-13-23-16(24-18(21)15-9-5-2-6-10-15)11-12-22-17(20)14-7-3-1-4-8-14/h1-10,16H,11-13H2. The number of carbonyl (C=O) groups is 2. The van der Waals surface area contributed by atoms with Crippen molar-refractivity contribution in [2.75, 3.05) is 12.1 Å². The zero-order chi connectivity index (χ0) is 17.2. The van der Waals surface area contributed by atoms with Crippen LogP contribution in [0.3, 0.4) is 0 Å². The molecular weight excluding hydrogens is 376 g/mol. The quantitative estimate of drug-likeness (QED) is 0.388. The van der Waals surface area contributed by atoms with Gasteiger partial charge in [-0.3, -0.25) is 0 Å². The first-order chi connectivity index (χ1) is 11.7. The number of hydrogen-bond donors (Lipinski definition) is 0. The van der Waals surface area contributed by atoms with Gasteiger partial charge in [-0.25, -0.2) is 9.59 Å². The van der Waals surface area contributed by atoms with Gasteiger partial charge in [-0.15, -0.1) is 0 Å². The molecule has 0 aliphatic heterocycles. The summed E-state index contributed by atoms with van der Waals surface area (Å²) in [5.41, 5.74) is 1.10. The zero-order valence-electron chi connectivity index (χ0n) is 12.9. The van der Waals surface area contributed by atoms with E-state index in [2.05, 4.69) is 15.9 Å². The van der Waals surface area contributed by atoms with Gasteiger partial charge in [0.15, 0.2) is 0 Å². The topological polar surface area (TPSA) is 61.8 Å². The molecule has 126 valence electrons. The Bertz CT molecular complexity index is 645. The highest BCUT2D eigenvalue weighted by Crippen LogP contribution is 2.10. The van der Waals surface area contributed by atoms with Crippen LogP contribution in [0.15, 0.2) is 60.7 Å². The van der Waals surface area contributed by atoms with Gasteiger partial charge in [0.2, 0.25) is 6.29 Å². The van der Waals surface area contributed by atoms with Gasteiger partial charge < -0.3 is 14.2 Å². The molecular formula is C18H17BrO5. The number of hydrogen-bond acceptors (Lipinski definition) is 5. The summed E-state index contributed by atoms with van der Waals surface area (Å²) in [6.07, 6.45) is -0.566. The van der Waals surface area contributed by atoms with Crippen LogP contribution in [0.2, 0.25) is 0 Å². The first-order valence-electron chi connectivity index (χ1n) is 7.36. The van der Waals surface area contributed by atoms with Crippen LogP contribution >= 0.6 is 15.9 Å². The number of esters is 2. The van der Waals surface area contributed by atoms with Gasteiger partial charge in [-0.2, -0.15) is 0 Å². The fourth-order valence-electron chi connectivity index (χ4n) is 1.91. The largest absolute Gasteiger partial charge is 0.462 e. The van der Waals surface area contributed by atoms with E-state index in [0.29, 0.717) is 11.1 Å². The molecule has 0 N–H and O–H groups in total. The lowest BCUT2D eigenvalue weighted by molar-refractivity contribution is -0.103. The van der Waals surface area contributed by atoms with E-state index >= 15 is 0 Å². The maximum atomic E-state index is 12.0. The third kappa shape index (κ3) is 5.79. The second-order valence-corrected chi connectivity index (χ2v) is 5.23. The van der Waals surface area contributed by atoms with Crippen LogP contribution < -0.4 is 0 Å². The molecule has 0 spiro atoms. The molecule has 6 heteroatoms. The Morgan fingerprint density at radius 1 is 0.875 bits per heavy atom. The lowest BCUT2D eigenvalue weighted by Crippen LogP contribution is -2.23. The van der Waals surface area contributed by atoms with Crippen LogP contribution in [0.1, 0.15) is 27.1 Å². The van der Waals surface area contributed by atoms with Crippen molar-refractivity contribution >= 4 is 27.9 Å². The van der Waals surface area contributed by atoms with Gasteiger partial charge in [0, 0.05) is 6.42 Å². The number of carbonyl (C=O) groups excluding carboxylic acids is 2. The van der Waals surface area contributed by atoms with Crippen LogP contribution in [0, 0.1) is 0 Å². The van der Waals surface area contributed by atoms with E-state index in [-0.39, 0.29) is 18.5 Å². The molecule has 0 fully saturated rings. The van der Waals surface area contributed by atoms with E-state index in [1.807, 2.05) is 12.1 Å². The van der Waals surface area contributed by atoms with E-state index in [0.717, 1.165) is 0 Å². The molecule has 5 nitrogen and oxygen atoms in total. The fraction of sp³-hybridized carbons (Fsp3) is 0.222. The SMILES string of the molecule is O=C(OCCC(OCBr)OC(=O)c1ccccc1)c1ccccc1. The van der Waals surface area contributed by atoms with E-state index in [9.17, 15) is 9.59 Å². The third-order valence-corrected chi connectivity index (χ3v) is 3.36. The summed E-state index contributed by atoms with van der Waals surface area (Å²) in [6.45, 7) is 0.0768. The molecule has 0 aliphatic carbocycles. The lowest BCUT2D eigenvalue weighted by atomic mass is 10.2. The summed E-state index contributed by atoms with van der Waals surface area (Å²) in [6, 6.07) is 17.3. The Kier molecular flexibility index (Phi) is 7.45. The van der Waals surface area contributed by atoms with Crippen molar-refractivity contribution in [3.63, 3.8) is 0 Å². The number of rotatable bonds is 8. The summed E-state index contributed by atoms with van der Waals surface area (Å²) in [7, 11) is 0. The first-order valence-corrected chi connectivity index (χ1v) is 8.48. The van der Waals surface area contributed by atoms with E-state index < -0.39 is 18.2 Å². The van der Waals surface area contributed by atoms with Crippen LogP contribution in [0.5, 0.6) is 0 Å². The fourth-order valence-corrected chi connectivity index (χ4v) is 2.21. The smallest absolute Gasteiger partial charge is 0.340 e. The average Bonchev–Trinajstić information content (AvgIpc) is 2.63. The molecule has 2 aromatic carbocycles. The molecule has 1 unspecified atom stereocenters. The van der Waals surface area contributed by atoms with Crippen molar-refractivity contribution < 1.29 is 23.8 Å². The lowest BCUT2D eigenvalue weighted by Gasteiger charge is -2.17. The van der Waals surface area contributed by atoms with Gasteiger partial charge in [0.1, 0.15) is 5.52 Å². The maximum absolute atomic E-state index is 12.0. The Labute approximate surface area is 148 Å². The minimum atomic E-state index is -0.805. The van der Waals surface area contributed by atoms with Crippen LogP contribution in [0.25, 0.3) is 0 Å². The van der Waals surface area contributed by atoms with E-state index in [1.54, 1.807) is 48.5 Å². The molecule has 0 heterocycles. The first kappa shape index (κ1) is 18.2. The molecule has 0 bridgehead atoms. The van der Waals surface area contributed by atoms with Crippen molar-refractivity contribution in [3.8, 4) is 0 Å². The highest BCUT2D eigenvalue weighted by molar-refractivity contribution is 9.09. The van der Waals surface area contributed by atoms with Crippen LogP contribution in [0.4, 0.5) is 0 Å². The Hall–Kier alpha value is -2.18. The van der Waals surface area contributed by atoms with Gasteiger partial charge in [-0.1, -0.05) is 52.3 Å². The molecule has 0 amide bonds. The highest BCUT2D eigenvalue weighted by Gasteiger charge is 2.17. The Balaban J connectivity index is 1.83. The minimum Gasteiger partial charge on any atom is -0.462 e. The van der Waals surface area contributed by atoms with Gasteiger partial charge >= 0.3 is 11.9 Å². The van der Waals surface area contributed by atoms with Crippen LogP contribution in [-0.2, 0) is 14.2 Å². The Morgan fingerprint density at radius 3 is 1.96 bits per heavy atom. The van der Waals surface area contributed by atoms with Gasteiger partial charge in [-0.05, 0) is 24.3 Å². The third-order valence-electron chi connectivity index (χ3n) is 3.09. The number of alkyl halides is 1. The number of benzene rings is 2. The summed E-state index contributed by atoms with van der Waals surface area (Å²) in [5, 5.41) is 0. The maximum Gasteiger partial charge on any atom is 0.340 e. The molecule has 0 radical (unpaired) electrons. The van der Waals surface area contributed by atoms with Gasteiger partial charge in [0.25, 0.3) is 0 Å². The number of halogens is 1. The molecule has 0 saturated carbocycles. The molecule has 2 aromatic rings. The predicted molar refractivity (Wildman–Crippen MR) is 91.9 cm³/mol. The van der Waals surface area contributed by atoms with E-state index in [4.69, 9.17) is 14.2 Å². The number of ether oxygens (including phenoxy) is 3. The molecule has 0 saturated heterocycles. The zero-order valence-corrected chi connectivity index (χ0v) is 14.5. The predicted octanol–water partition coefficient (Wildman–Crippen LogP) is 3.79. The highest BCUT2D eigenvalue weighted by atomic mass is 79.9. The van der Waals surface area contributed by atoms with Crippen LogP contribution in [-0.4, -0.2) is 30.4 Å². The Morgan fingerprint density at radius 2 is 1.42 bits per heavy atom. The van der Waals surface area contributed by atoms with E-state index in [1.165, 1.54) is 0 Å².